The van der Waals surface area contributed by atoms with E-state index in [0.717, 1.165) is 96.3 Å². The molecule has 0 fully saturated rings. The topological polar surface area (TPSA) is 78.9 Å². The highest BCUT2D eigenvalue weighted by Gasteiger charge is 2.19. The number of hydrogen-bond donors (Lipinski definition) is 0. The quantitative estimate of drug-likeness (QED) is 0.0261. The van der Waals surface area contributed by atoms with Crippen LogP contribution < -0.4 is 0 Å². The summed E-state index contributed by atoms with van der Waals surface area (Å²) in [4.78, 5) is 38.3. The Labute approximate surface area is 460 Å². The summed E-state index contributed by atoms with van der Waals surface area (Å²) in [5.74, 6) is -0.889. The van der Waals surface area contributed by atoms with E-state index >= 15 is 0 Å². The molecule has 0 N–H and O–H groups in total. The fourth-order valence-corrected chi connectivity index (χ4v) is 9.36. The molecule has 0 aromatic rings. The third-order valence-electron chi connectivity index (χ3n) is 14.2. The van der Waals surface area contributed by atoms with Gasteiger partial charge in [0.05, 0.1) is 0 Å². The first-order valence-electron chi connectivity index (χ1n) is 32.3. The Morgan fingerprint density at radius 1 is 0.270 bits per heavy atom. The van der Waals surface area contributed by atoms with E-state index in [4.69, 9.17) is 14.2 Å². The molecule has 0 amide bonds. The van der Waals surface area contributed by atoms with Crippen molar-refractivity contribution < 1.29 is 28.6 Å². The number of carbonyl (C=O) groups excluding carboxylic acids is 3. The number of carbonyl (C=O) groups is 3. The lowest BCUT2D eigenvalue weighted by Gasteiger charge is -2.18. The average molecular weight is 1040 g/mol. The van der Waals surface area contributed by atoms with Gasteiger partial charge in [0.25, 0.3) is 0 Å². The molecule has 0 rings (SSSR count). The summed E-state index contributed by atoms with van der Waals surface area (Å²) in [5.41, 5.74) is 0. The maximum absolute atomic E-state index is 12.9. The minimum atomic E-state index is -0.785. The van der Waals surface area contributed by atoms with Gasteiger partial charge in [-0.1, -0.05) is 287 Å². The van der Waals surface area contributed by atoms with E-state index < -0.39 is 6.10 Å². The summed E-state index contributed by atoms with van der Waals surface area (Å²) >= 11 is 0. The van der Waals surface area contributed by atoms with Gasteiger partial charge in [-0.2, -0.15) is 0 Å². The van der Waals surface area contributed by atoms with Crippen LogP contribution in [0.5, 0.6) is 0 Å². The smallest absolute Gasteiger partial charge is 0.306 e. The average Bonchev–Trinajstić information content (AvgIpc) is 3.40. The predicted molar refractivity (Wildman–Crippen MR) is 321 cm³/mol. The number of esters is 3. The van der Waals surface area contributed by atoms with Gasteiger partial charge in [-0.25, -0.2) is 0 Å². The molecule has 0 aliphatic rings. The van der Waals surface area contributed by atoms with Crippen LogP contribution in [0.25, 0.3) is 0 Å². The molecule has 0 aromatic carbocycles. The molecule has 430 valence electrons. The van der Waals surface area contributed by atoms with Gasteiger partial charge >= 0.3 is 17.9 Å². The van der Waals surface area contributed by atoms with Crippen molar-refractivity contribution in [3.05, 3.63) is 60.8 Å². The first-order chi connectivity index (χ1) is 36.5. The third kappa shape index (κ3) is 60.0. The van der Waals surface area contributed by atoms with E-state index in [2.05, 4.69) is 81.5 Å². The van der Waals surface area contributed by atoms with Gasteiger partial charge in [-0.15, -0.1) is 0 Å². The van der Waals surface area contributed by atoms with Crippen molar-refractivity contribution in [2.45, 2.75) is 341 Å². The standard InChI is InChI=1S/C68H122O6/c1-4-7-10-13-16-19-22-25-28-30-32-34-36-37-40-43-46-49-52-55-58-61-67(70)73-64-65(63-72-66(69)60-57-54-51-48-45-42-39-27-24-21-18-15-12-9-6-3)74-68(71)62-59-56-53-50-47-44-41-38-35-33-31-29-26-23-20-17-14-11-8-5-2/h18,21-22,25,27,30,32,36-37,39,65H,4-17,19-20,23-24,26,28-29,31,33-35,38,40-64H2,1-3H3/b21-18-,25-22-,32-30-,37-36-,39-27-. The van der Waals surface area contributed by atoms with Crippen LogP contribution in [-0.4, -0.2) is 37.2 Å². The normalized spacial score (nSPS) is 12.4. The molecule has 74 heavy (non-hydrogen) atoms. The van der Waals surface area contributed by atoms with E-state index in [9.17, 15) is 14.4 Å². The van der Waals surface area contributed by atoms with Gasteiger partial charge in [0.1, 0.15) is 13.2 Å². The summed E-state index contributed by atoms with van der Waals surface area (Å²) in [5, 5.41) is 0. The number of allylic oxidation sites excluding steroid dienone is 10. The Morgan fingerprint density at radius 2 is 0.486 bits per heavy atom. The zero-order chi connectivity index (χ0) is 53.6. The van der Waals surface area contributed by atoms with Crippen molar-refractivity contribution in [3.63, 3.8) is 0 Å². The van der Waals surface area contributed by atoms with Crippen molar-refractivity contribution in [1.82, 2.24) is 0 Å². The van der Waals surface area contributed by atoms with Crippen LogP contribution in [0.4, 0.5) is 0 Å². The molecule has 0 spiro atoms. The molecule has 0 aliphatic carbocycles. The minimum Gasteiger partial charge on any atom is -0.462 e. The van der Waals surface area contributed by atoms with Gasteiger partial charge in [-0.05, 0) is 89.9 Å². The van der Waals surface area contributed by atoms with E-state index in [1.807, 2.05) is 0 Å². The fourth-order valence-electron chi connectivity index (χ4n) is 9.36. The Morgan fingerprint density at radius 3 is 0.784 bits per heavy atom. The van der Waals surface area contributed by atoms with E-state index in [0.29, 0.717) is 19.3 Å². The van der Waals surface area contributed by atoms with Crippen molar-refractivity contribution in [2.24, 2.45) is 0 Å². The summed E-state index contributed by atoms with van der Waals surface area (Å²) in [6.07, 6.45) is 79.3. The van der Waals surface area contributed by atoms with E-state index in [1.54, 1.807) is 0 Å². The zero-order valence-corrected chi connectivity index (χ0v) is 49.4. The molecular formula is C68H122O6. The summed E-state index contributed by atoms with van der Waals surface area (Å²) in [7, 11) is 0. The molecule has 0 saturated heterocycles. The highest BCUT2D eigenvalue weighted by Crippen LogP contribution is 2.17. The van der Waals surface area contributed by atoms with Gasteiger partial charge in [0.2, 0.25) is 0 Å². The van der Waals surface area contributed by atoms with Crippen molar-refractivity contribution >= 4 is 17.9 Å². The zero-order valence-electron chi connectivity index (χ0n) is 49.4. The molecule has 0 heterocycles. The van der Waals surface area contributed by atoms with Gasteiger partial charge in [0, 0.05) is 19.3 Å². The van der Waals surface area contributed by atoms with Gasteiger partial charge in [-0.3, -0.25) is 14.4 Å². The molecule has 6 heteroatoms. The lowest BCUT2D eigenvalue weighted by atomic mass is 10.0. The number of ether oxygens (including phenoxy) is 3. The van der Waals surface area contributed by atoms with Crippen LogP contribution in [0.2, 0.25) is 0 Å². The first kappa shape index (κ1) is 71.1. The first-order valence-corrected chi connectivity index (χ1v) is 32.3. The maximum Gasteiger partial charge on any atom is 0.306 e. The monoisotopic (exact) mass is 1030 g/mol. The highest BCUT2D eigenvalue weighted by molar-refractivity contribution is 5.71. The SMILES string of the molecule is CCCCC/C=C\C/C=C\CCCCCCCC(=O)OCC(COC(=O)CCCCCCCC/C=C\C/C=C\C/C=C\CCCCCCC)OC(=O)CCCCCCCCCCCCCCCCCCCCCC. The predicted octanol–water partition coefficient (Wildman–Crippen LogP) is 21.9. The lowest BCUT2D eigenvalue weighted by Crippen LogP contribution is -2.30. The van der Waals surface area contributed by atoms with Crippen LogP contribution >= 0.6 is 0 Å². The van der Waals surface area contributed by atoms with Crippen molar-refractivity contribution in [1.29, 1.82) is 0 Å². The second-order valence-corrected chi connectivity index (χ2v) is 21.7. The molecule has 0 aromatic heterocycles. The Bertz CT molecular complexity index is 1330. The molecule has 1 unspecified atom stereocenters. The van der Waals surface area contributed by atoms with Crippen molar-refractivity contribution in [3.8, 4) is 0 Å². The minimum absolute atomic E-state index is 0.0829. The van der Waals surface area contributed by atoms with Crippen LogP contribution in [0.15, 0.2) is 60.8 Å². The molecule has 0 saturated carbocycles. The molecular weight excluding hydrogens is 913 g/mol. The van der Waals surface area contributed by atoms with Gasteiger partial charge in [0.15, 0.2) is 6.10 Å². The van der Waals surface area contributed by atoms with Crippen LogP contribution in [-0.2, 0) is 28.6 Å². The highest BCUT2D eigenvalue weighted by atomic mass is 16.6. The lowest BCUT2D eigenvalue weighted by molar-refractivity contribution is -0.167. The second-order valence-electron chi connectivity index (χ2n) is 21.7. The summed E-state index contributed by atoms with van der Waals surface area (Å²) in [6, 6.07) is 0. The van der Waals surface area contributed by atoms with Crippen LogP contribution in [0, 0.1) is 0 Å². The van der Waals surface area contributed by atoms with E-state index in [1.165, 1.54) is 199 Å². The molecule has 0 radical (unpaired) electrons. The summed E-state index contributed by atoms with van der Waals surface area (Å²) in [6.45, 7) is 6.63. The Hall–Kier alpha value is -2.89. The largest absolute Gasteiger partial charge is 0.462 e. The Balaban J connectivity index is 4.37. The van der Waals surface area contributed by atoms with Crippen molar-refractivity contribution in [2.75, 3.05) is 13.2 Å². The van der Waals surface area contributed by atoms with Crippen LogP contribution in [0.1, 0.15) is 335 Å². The van der Waals surface area contributed by atoms with E-state index in [-0.39, 0.29) is 31.1 Å². The molecule has 6 nitrogen and oxygen atoms in total. The fraction of sp³-hybridized carbons (Fsp3) is 0.809. The molecule has 1 atom stereocenters. The number of hydrogen-bond acceptors (Lipinski definition) is 6. The number of unbranched alkanes of at least 4 members (excludes halogenated alkanes) is 38. The number of rotatable bonds is 59. The summed E-state index contributed by atoms with van der Waals surface area (Å²) < 4.78 is 16.9. The third-order valence-corrected chi connectivity index (χ3v) is 14.2. The van der Waals surface area contributed by atoms with Crippen LogP contribution in [0.3, 0.4) is 0 Å². The Kier molecular flexibility index (Phi) is 60.2. The van der Waals surface area contributed by atoms with Gasteiger partial charge < -0.3 is 14.2 Å². The second kappa shape index (κ2) is 62.6. The maximum atomic E-state index is 12.9. The molecule has 0 bridgehead atoms. The molecule has 0 aliphatic heterocycles.